The van der Waals surface area contributed by atoms with Crippen molar-refractivity contribution in [1.29, 1.82) is 0 Å². The fraction of sp³-hybridized carbons (Fsp3) is 0.158. The number of nitrogens with one attached hydrogen (secondary N) is 4. The molecule has 33 heavy (non-hydrogen) atoms. The van der Waals surface area contributed by atoms with E-state index >= 15 is 0 Å². The number of carbonyl (C=O) groups excluding carboxylic acids is 4. The number of amides is 6. The van der Waals surface area contributed by atoms with Gasteiger partial charge >= 0.3 is 12.1 Å². The first-order valence-electron chi connectivity index (χ1n) is 9.37. The third kappa shape index (κ3) is 3.38. The molecule has 4 rings (SSSR count). The van der Waals surface area contributed by atoms with E-state index in [1.54, 1.807) is 0 Å². The van der Waals surface area contributed by atoms with Gasteiger partial charge in [-0.3, -0.25) is 40.5 Å². The summed E-state index contributed by atoms with van der Waals surface area (Å²) in [5.41, 5.74) is -2.31. The molecule has 0 aliphatic carbocycles. The van der Waals surface area contributed by atoms with Crippen molar-refractivity contribution in [3.8, 4) is 0 Å². The first-order chi connectivity index (χ1) is 15.6. The van der Waals surface area contributed by atoms with Gasteiger partial charge in [0.15, 0.2) is 5.41 Å². The van der Waals surface area contributed by atoms with Gasteiger partial charge in [0.25, 0.3) is 11.4 Å². The Hall–Kier alpha value is -4.88. The summed E-state index contributed by atoms with van der Waals surface area (Å²) < 4.78 is 0. The monoisotopic (exact) mass is 454 g/mol. The van der Waals surface area contributed by atoms with Gasteiger partial charge in [-0.05, 0) is 11.1 Å². The van der Waals surface area contributed by atoms with Crippen LogP contribution < -0.4 is 21.3 Å². The van der Waals surface area contributed by atoms with Crippen LogP contribution in [0.3, 0.4) is 0 Å². The second-order valence-electron chi connectivity index (χ2n) is 7.29. The SMILES string of the molecule is O=C1NC(=O)C2(C(=O)N1)[C@H](c1ccc([N+](=O)[O-])cc1)NC(=O)N[C@H]2c1ccc([N+](=O)[O-])cc1. The van der Waals surface area contributed by atoms with Crippen molar-refractivity contribution in [2.45, 2.75) is 12.1 Å². The van der Waals surface area contributed by atoms with Crippen LogP contribution in [0.5, 0.6) is 0 Å². The second kappa shape index (κ2) is 7.67. The predicted octanol–water partition coefficient (Wildman–Crippen LogP) is 0.951. The number of non-ortho nitro benzene ring substituents is 2. The van der Waals surface area contributed by atoms with Gasteiger partial charge in [-0.15, -0.1) is 0 Å². The molecule has 0 unspecified atom stereocenters. The van der Waals surface area contributed by atoms with Crippen molar-refractivity contribution < 1.29 is 29.0 Å². The van der Waals surface area contributed by atoms with Crippen LogP contribution in [0.15, 0.2) is 48.5 Å². The number of imide groups is 2. The number of nitrogens with zero attached hydrogens (tertiary/aromatic N) is 2. The van der Waals surface area contributed by atoms with Crippen molar-refractivity contribution in [2.75, 3.05) is 0 Å². The molecule has 0 aromatic heterocycles. The number of urea groups is 2. The van der Waals surface area contributed by atoms with Crippen LogP contribution in [-0.2, 0) is 9.59 Å². The molecule has 2 atom stereocenters. The highest BCUT2D eigenvalue weighted by molar-refractivity contribution is 6.21. The lowest BCUT2D eigenvalue weighted by Gasteiger charge is -2.48. The van der Waals surface area contributed by atoms with Crippen LogP contribution in [0.4, 0.5) is 21.0 Å². The Bertz CT molecular complexity index is 1120. The Balaban J connectivity index is 1.89. The highest BCUT2D eigenvalue weighted by Crippen LogP contribution is 2.48. The van der Waals surface area contributed by atoms with Crippen LogP contribution in [0.25, 0.3) is 0 Å². The van der Waals surface area contributed by atoms with Crippen molar-refractivity contribution in [2.24, 2.45) is 5.41 Å². The largest absolute Gasteiger partial charge is 0.330 e. The number of benzene rings is 2. The number of carbonyl (C=O) groups is 4. The van der Waals surface area contributed by atoms with Gasteiger partial charge in [0.1, 0.15) is 0 Å². The summed E-state index contributed by atoms with van der Waals surface area (Å²) in [5.74, 6) is -2.06. The molecule has 0 saturated carbocycles. The summed E-state index contributed by atoms with van der Waals surface area (Å²) in [7, 11) is 0. The minimum Gasteiger partial charge on any atom is -0.330 e. The van der Waals surface area contributed by atoms with E-state index in [0.717, 1.165) is 24.3 Å². The van der Waals surface area contributed by atoms with Crippen molar-refractivity contribution in [3.63, 3.8) is 0 Å². The van der Waals surface area contributed by atoms with Crippen LogP contribution in [0.1, 0.15) is 23.2 Å². The zero-order valence-electron chi connectivity index (χ0n) is 16.4. The molecule has 2 aromatic rings. The van der Waals surface area contributed by atoms with Gasteiger partial charge in [0, 0.05) is 24.3 Å². The van der Waals surface area contributed by atoms with Crippen LogP contribution >= 0.6 is 0 Å². The molecule has 168 valence electrons. The molecule has 0 bridgehead atoms. The van der Waals surface area contributed by atoms with Crippen LogP contribution in [0, 0.1) is 25.6 Å². The van der Waals surface area contributed by atoms with Gasteiger partial charge in [0.05, 0.1) is 21.9 Å². The molecule has 2 saturated heterocycles. The van der Waals surface area contributed by atoms with Crippen LogP contribution in [0.2, 0.25) is 0 Å². The van der Waals surface area contributed by atoms with E-state index in [2.05, 4.69) is 10.6 Å². The first-order valence-corrected chi connectivity index (χ1v) is 9.37. The third-order valence-corrected chi connectivity index (χ3v) is 5.54. The minimum absolute atomic E-state index is 0.182. The minimum atomic E-state index is -2.16. The van der Waals surface area contributed by atoms with Crippen molar-refractivity contribution in [1.82, 2.24) is 21.3 Å². The van der Waals surface area contributed by atoms with E-state index in [0.29, 0.717) is 0 Å². The number of barbiturate groups is 1. The molecule has 2 aliphatic rings. The fourth-order valence-electron chi connectivity index (χ4n) is 4.04. The molecule has 14 heteroatoms. The molecule has 0 radical (unpaired) electrons. The lowest BCUT2D eigenvalue weighted by Crippen LogP contribution is -2.73. The zero-order chi connectivity index (χ0) is 23.9. The number of nitro benzene ring substituents is 2. The number of rotatable bonds is 4. The smallest absolute Gasteiger partial charge is 0.328 e. The molecular formula is C19H14N6O8. The van der Waals surface area contributed by atoms with E-state index < -0.39 is 51.2 Å². The molecule has 2 fully saturated rings. The van der Waals surface area contributed by atoms with E-state index in [9.17, 15) is 39.4 Å². The average molecular weight is 454 g/mol. The molecule has 1 spiro atoms. The maximum Gasteiger partial charge on any atom is 0.328 e. The Labute approximate surface area is 183 Å². The molecular weight excluding hydrogens is 440 g/mol. The summed E-state index contributed by atoms with van der Waals surface area (Å²) in [6.45, 7) is 0. The summed E-state index contributed by atoms with van der Waals surface area (Å²) in [6, 6.07) is 5.15. The molecule has 2 aliphatic heterocycles. The third-order valence-electron chi connectivity index (χ3n) is 5.54. The van der Waals surface area contributed by atoms with Crippen molar-refractivity contribution >= 4 is 35.3 Å². The molecule has 2 aromatic carbocycles. The number of hydrogen-bond acceptors (Lipinski definition) is 8. The normalized spacial score (nSPS) is 21.5. The first kappa shape index (κ1) is 21.4. The topological polar surface area (TPSA) is 203 Å². The summed E-state index contributed by atoms with van der Waals surface area (Å²) in [4.78, 5) is 71.4. The quantitative estimate of drug-likeness (QED) is 0.297. The molecule has 2 heterocycles. The Morgan fingerprint density at radius 1 is 0.636 bits per heavy atom. The van der Waals surface area contributed by atoms with Gasteiger partial charge in [-0.2, -0.15) is 0 Å². The maximum atomic E-state index is 13.2. The standard InChI is InChI=1S/C19H14N6O8/c26-15-19(16(27)23-18(29)22-15)13(9-1-5-11(6-2-9)24(30)31)20-17(28)21-14(19)10-3-7-12(8-4-10)25(32)33/h1-8,13-14H,(H2,20,21,28)(H2,22,23,26,27,29)/t13-,14-/m0/s1. The van der Waals surface area contributed by atoms with E-state index in [1.165, 1.54) is 24.3 Å². The van der Waals surface area contributed by atoms with Gasteiger partial charge in [-0.25, -0.2) is 9.59 Å². The maximum absolute atomic E-state index is 13.2. The molecule has 6 amide bonds. The van der Waals surface area contributed by atoms with E-state index in [1.807, 2.05) is 10.6 Å². The summed E-state index contributed by atoms with van der Waals surface area (Å²) >= 11 is 0. The fourth-order valence-corrected chi connectivity index (χ4v) is 4.04. The lowest BCUT2D eigenvalue weighted by molar-refractivity contribution is -0.385. The Morgan fingerprint density at radius 2 is 1.00 bits per heavy atom. The highest BCUT2D eigenvalue weighted by Gasteiger charge is 2.64. The summed E-state index contributed by atoms with van der Waals surface area (Å²) in [5, 5.41) is 31.0. The average Bonchev–Trinajstić information content (AvgIpc) is 2.77. The Morgan fingerprint density at radius 3 is 1.33 bits per heavy atom. The van der Waals surface area contributed by atoms with Gasteiger partial charge < -0.3 is 10.6 Å². The predicted molar refractivity (Wildman–Crippen MR) is 107 cm³/mol. The van der Waals surface area contributed by atoms with Crippen LogP contribution in [-0.4, -0.2) is 33.7 Å². The second-order valence-corrected chi connectivity index (χ2v) is 7.29. The van der Waals surface area contributed by atoms with E-state index in [-0.39, 0.29) is 22.5 Å². The van der Waals surface area contributed by atoms with Gasteiger partial charge in [0.2, 0.25) is 11.8 Å². The van der Waals surface area contributed by atoms with Crippen molar-refractivity contribution in [3.05, 3.63) is 79.9 Å². The number of hydrogen-bond donors (Lipinski definition) is 4. The summed E-state index contributed by atoms with van der Waals surface area (Å²) in [6.07, 6.45) is 0. The number of nitro groups is 2. The Kier molecular flexibility index (Phi) is 4.96. The molecule has 4 N–H and O–H groups in total. The van der Waals surface area contributed by atoms with Gasteiger partial charge in [-0.1, -0.05) is 24.3 Å². The zero-order valence-corrected chi connectivity index (χ0v) is 16.4. The lowest BCUT2D eigenvalue weighted by atomic mass is 9.65. The molecule has 14 nitrogen and oxygen atoms in total. The highest BCUT2D eigenvalue weighted by atomic mass is 16.6. The van der Waals surface area contributed by atoms with E-state index in [4.69, 9.17) is 0 Å².